The lowest BCUT2D eigenvalue weighted by molar-refractivity contribution is -0.121. The Hall–Kier alpha value is -0.260. The fourth-order valence-electron chi connectivity index (χ4n) is 0.809. The van der Waals surface area contributed by atoms with Gasteiger partial charge in [-0.15, -0.1) is 0 Å². The standard InChI is InChI=1S/C8H18N2O2S/c1-5(2)6(4-11)10-8(12)7(13)3-9/h5-7,11,13H,3-4,9H2,1-2H3,(H,10,12). The molecule has 0 radical (unpaired) electrons. The molecule has 0 aromatic rings. The van der Waals surface area contributed by atoms with E-state index < -0.39 is 5.25 Å². The van der Waals surface area contributed by atoms with E-state index in [-0.39, 0.29) is 31.0 Å². The molecule has 0 saturated carbocycles. The summed E-state index contributed by atoms with van der Waals surface area (Å²) in [6, 6.07) is -0.214. The van der Waals surface area contributed by atoms with E-state index in [0.717, 1.165) is 0 Å². The van der Waals surface area contributed by atoms with Crippen molar-refractivity contribution in [3.8, 4) is 0 Å². The number of carbonyl (C=O) groups is 1. The minimum atomic E-state index is -0.493. The van der Waals surface area contributed by atoms with E-state index >= 15 is 0 Å². The van der Waals surface area contributed by atoms with Gasteiger partial charge in [-0.05, 0) is 5.92 Å². The molecule has 0 rings (SSSR count). The van der Waals surface area contributed by atoms with Crippen molar-refractivity contribution in [3.05, 3.63) is 0 Å². The average Bonchev–Trinajstić information content (AvgIpc) is 2.11. The first-order chi connectivity index (χ1) is 6.02. The number of nitrogens with two attached hydrogens (primary N) is 1. The number of nitrogens with one attached hydrogen (secondary N) is 1. The van der Waals surface area contributed by atoms with Crippen molar-refractivity contribution in [2.75, 3.05) is 13.2 Å². The smallest absolute Gasteiger partial charge is 0.234 e. The van der Waals surface area contributed by atoms with Crippen molar-refractivity contribution in [1.29, 1.82) is 0 Å². The van der Waals surface area contributed by atoms with Gasteiger partial charge < -0.3 is 16.2 Å². The number of aliphatic hydroxyl groups excluding tert-OH is 1. The first-order valence-corrected chi connectivity index (χ1v) is 4.84. The summed E-state index contributed by atoms with van der Waals surface area (Å²) in [5.41, 5.74) is 5.27. The fourth-order valence-corrected chi connectivity index (χ4v) is 0.884. The van der Waals surface area contributed by atoms with E-state index in [0.29, 0.717) is 0 Å². The number of thiol groups is 1. The molecule has 0 aliphatic rings. The Labute approximate surface area is 84.3 Å². The Morgan fingerprint density at radius 2 is 2.15 bits per heavy atom. The van der Waals surface area contributed by atoms with Crippen LogP contribution in [0.5, 0.6) is 0 Å². The van der Waals surface area contributed by atoms with Gasteiger partial charge in [0.15, 0.2) is 0 Å². The molecule has 0 spiro atoms. The second-order valence-electron chi connectivity index (χ2n) is 3.29. The molecule has 4 N–H and O–H groups in total. The van der Waals surface area contributed by atoms with E-state index in [2.05, 4.69) is 17.9 Å². The van der Waals surface area contributed by atoms with Gasteiger partial charge in [-0.1, -0.05) is 13.8 Å². The van der Waals surface area contributed by atoms with Crippen LogP contribution < -0.4 is 11.1 Å². The number of carbonyl (C=O) groups excluding carboxylic acids is 1. The van der Waals surface area contributed by atoms with Crippen LogP contribution in [0.2, 0.25) is 0 Å². The monoisotopic (exact) mass is 206 g/mol. The molecule has 0 bridgehead atoms. The Morgan fingerprint density at radius 3 is 2.46 bits per heavy atom. The zero-order valence-electron chi connectivity index (χ0n) is 8.03. The van der Waals surface area contributed by atoms with Crippen LogP contribution in [0.1, 0.15) is 13.8 Å². The van der Waals surface area contributed by atoms with Crippen molar-refractivity contribution >= 4 is 18.5 Å². The van der Waals surface area contributed by atoms with Gasteiger partial charge in [-0.3, -0.25) is 4.79 Å². The van der Waals surface area contributed by atoms with Crippen molar-refractivity contribution < 1.29 is 9.90 Å². The van der Waals surface area contributed by atoms with Crippen molar-refractivity contribution in [2.24, 2.45) is 11.7 Å². The highest BCUT2D eigenvalue weighted by molar-refractivity contribution is 7.81. The fraction of sp³-hybridized carbons (Fsp3) is 0.875. The van der Waals surface area contributed by atoms with Crippen molar-refractivity contribution in [1.82, 2.24) is 5.32 Å². The van der Waals surface area contributed by atoms with E-state index in [4.69, 9.17) is 10.8 Å². The van der Waals surface area contributed by atoms with Crippen LogP contribution in [-0.4, -0.2) is 35.5 Å². The molecule has 0 heterocycles. The maximum absolute atomic E-state index is 11.3. The van der Waals surface area contributed by atoms with Gasteiger partial charge in [0.2, 0.25) is 5.91 Å². The Balaban J connectivity index is 4.01. The predicted molar refractivity (Wildman–Crippen MR) is 55.7 cm³/mol. The van der Waals surface area contributed by atoms with Gasteiger partial charge in [0.25, 0.3) is 0 Å². The summed E-state index contributed by atoms with van der Waals surface area (Å²) in [6.07, 6.45) is 0. The molecule has 0 fully saturated rings. The molecular weight excluding hydrogens is 188 g/mol. The lowest BCUT2D eigenvalue weighted by Gasteiger charge is -2.21. The highest BCUT2D eigenvalue weighted by atomic mass is 32.1. The topological polar surface area (TPSA) is 75.3 Å². The van der Waals surface area contributed by atoms with Crippen LogP contribution in [0.4, 0.5) is 0 Å². The normalized spacial score (nSPS) is 15.5. The van der Waals surface area contributed by atoms with Gasteiger partial charge in [-0.2, -0.15) is 12.6 Å². The molecule has 1 amide bonds. The number of hydrogen-bond donors (Lipinski definition) is 4. The summed E-state index contributed by atoms with van der Waals surface area (Å²) in [4.78, 5) is 11.3. The van der Waals surface area contributed by atoms with Gasteiger partial charge in [0.05, 0.1) is 17.9 Å². The summed E-state index contributed by atoms with van der Waals surface area (Å²) >= 11 is 3.99. The van der Waals surface area contributed by atoms with Crippen LogP contribution >= 0.6 is 12.6 Å². The van der Waals surface area contributed by atoms with E-state index in [1.807, 2.05) is 13.8 Å². The maximum atomic E-state index is 11.3. The summed E-state index contributed by atoms with van der Waals surface area (Å²) in [5, 5.41) is 11.1. The third-order valence-electron chi connectivity index (χ3n) is 1.85. The zero-order chi connectivity index (χ0) is 10.4. The molecule has 2 atom stereocenters. The highest BCUT2D eigenvalue weighted by Crippen LogP contribution is 2.02. The molecule has 0 saturated heterocycles. The van der Waals surface area contributed by atoms with Crippen LogP contribution in [0.3, 0.4) is 0 Å². The maximum Gasteiger partial charge on any atom is 0.234 e. The molecule has 0 aliphatic carbocycles. The summed E-state index contributed by atoms with van der Waals surface area (Å²) < 4.78 is 0. The minimum Gasteiger partial charge on any atom is -0.394 e. The van der Waals surface area contributed by atoms with Gasteiger partial charge in [0.1, 0.15) is 0 Å². The Bertz CT molecular complexity index is 164. The minimum absolute atomic E-state index is 0.0610. The van der Waals surface area contributed by atoms with E-state index in [1.54, 1.807) is 0 Å². The largest absolute Gasteiger partial charge is 0.394 e. The van der Waals surface area contributed by atoms with Gasteiger partial charge >= 0.3 is 0 Å². The quantitative estimate of drug-likeness (QED) is 0.453. The summed E-state index contributed by atoms with van der Waals surface area (Å²) in [5.74, 6) is -0.0224. The summed E-state index contributed by atoms with van der Waals surface area (Å²) in [6.45, 7) is 3.99. The molecular formula is C8H18N2O2S. The van der Waals surface area contributed by atoms with Crippen LogP contribution in [0, 0.1) is 5.92 Å². The third kappa shape index (κ3) is 4.50. The molecule has 4 nitrogen and oxygen atoms in total. The van der Waals surface area contributed by atoms with Crippen molar-refractivity contribution in [2.45, 2.75) is 25.1 Å². The van der Waals surface area contributed by atoms with E-state index in [1.165, 1.54) is 0 Å². The number of aliphatic hydroxyl groups is 1. The SMILES string of the molecule is CC(C)C(CO)NC(=O)C(S)CN. The van der Waals surface area contributed by atoms with Crippen LogP contribution in [-0.2, 0) is 4.79 Å². The number of rotatable bonds is 5. The van der Waals surface area contributed by atoms with Gasteiger partial charge in [0, 0.05) is 6.54 Å². The lowest BCUT2D eigenvalue weighted by Crippen LogP contribution is -2.46. The number of amides is 1. The average molecular weight is 206 g/mol. The van der Waals surface area contributed by atoms with Crippen LogP contribution in [0.25, 0.3) is 0 Å². The van der Waals surface area contributed by atoms with Crippen molar-refractivity contribution in [3.63, 3.8) is 0 Å². The second kappa shape index (κ2) is 6.23. The van der Waals surface area contributed by atoms with Gasteiger partial charge in [-0.25, -0.2) is 0 Å². The van der Waals surface area contributed by atoms with E-state index in [9.17, 15) is 4.79 Å². The summed E-state index contributed by atoms with van der Waals surface area (Å²) in [7, 11) is 0. The molecule has 5 heteroatoms. The predicted octanol–water partition coefficient (Wildman–Crippen LogP) is -0.623. The Kier molecular flexibility index (Phi) is 6.11. The Morgan fingerprint density at radius 1 is 1.62 bits per heavy atom. The molecule has 0 aliphatic heterocycles. The first-order valence-electron chi connectivity index (χ1n) is 4.32. The first kappa shape index (κ1) is 12.7. The molecule has 78 valence electrons. The van der Waals surface area contributed by atoms with Crippen LogP contribution in [0.15, 0.2) is 0 Å². The molecule has 0 aromatic heterocycles. The zero-order valence-corrected chi connectivity index (χ0v) is 8.92. The third-order valence-corrected chi connectivity index (χ3v) is 2.30. The molecule has 13 heavy (non-hydrogen) atoms. The highest BCUT2D eigenvalue weighted by Gasteiger charge is 2.18. The molecule has 2 unspecified atom stereocenters. The second-order valence-corrected chi connectivity index (χ2v) is 3.92. The number of hydrogen-bond acceptors (Lipinski definition) is 4. The lowest BCUT2D eigenvalue weighted by atomic mass is 10.1. The molecule has 0 aromatic carbocycles.